The van der Waals surface area contributed by atoms with Crippen molar-refractivity contribution in [3.63, 3.8) is 0 Å². The Labute approximate surface area is 112 Å². The number of rotatable bonds is 2. The van der Waals surface area contributed by atoms with Gasteiger partial charge in [0.1, 0.15) is 0 Å². The largest absolute Gasteiger partial charge is 0.425 e. The zero-order valence-electron chi connectivity index (χ0n) is 10.2. The number of aliphatic hydroxyl groups is 1. The maximum Gasteiger partial charge on any atom is 0.425 e. The van der Waals surface area contributed by atoms with Gasteiger partial charge in [-0.25, -0.2) is 8.78 Å². The number of allylic oxidation sites excluding steroid dienone is 3. The summed E-state index contributed by atoms with van der Waals surface area (Å²) in [6.07, 6.45) is -4.04. The molecule has 0 bridgehead atoms. The molecule has 1 aromatic carbocycles. The summed E-state index contributed by atoms with van der Waals surface area (Å²) in [5.74, 6) is -3.40. The quantitative estimate of drug-likeness (QED) is 0.817. The molecule has 1 N–H and O–H groups in total. The van der Waals surface area contributed by atoms with E-state index in [4.69, 9.17) is 0 Å². The van der Waals surface area contributed by atoms with Gasteiger partial charge < -0.3 is 5.11 Å². The summed E-state index contributed by atoms with van der Waals surface area (Å²) in [5, 5.41) is 10.1. The van der Waals surface area contributed by atoms with Crippen molar-refractivity contribution in [2.75, 3.05) is 0 Å². The van der Waals surface area contributed by atoms with Gasteiger partial charge in [-0.2, -0.15) is 13.2 Å². The van der Waals surface area contributed by atoms with Gasteiger partial charge in [-0.3, -0.25) is 0 Å². The van der Waals surface area contributed by atoms with E-state index >= 15 is 0 Å². The highest BCUT2D eigenvalue weighted by molar-refractivity contribution is 5.39. The summed E-state index contributed by atoms with van der Waals surface area (Å²) < 4.78 is 66.4. The number of benzene rings is 1. The highest BCUT2D eigenvalue weighted by atomic mass is 19.4. The highest BCUT2D eigenvalue weighted by Gasteiger charge is 2.58. The second-order valence-electron chi connectivity index (χ2n) is 4.56. The van der Waals surface area contributed by atoms with Crippen molar-refractivity contribution in [3.05, 3.63) is 59.7 Å². The molecule has 0 aromatic heterocycles. The lowest BCUT2D eigenvalue weighted by atomic mass is 9.80. The Morgan fingerprint density at radius 1 is 1.05 bits per heavy atom. The molecule has 1 atom stereocenters. The van der Waals surface area contributed by atoms with Gasteiger partial charge in [-0.05, 0) is 17.2 Å². The fraction of sp³-hybridized carbons (Fsp3) is 0.286. The van der Waals surface area contributed by atoms with Crippen molar-refractivity contribution in [1.29, 1.82) is 0 Å². The summed E-state index contributed by atoms with van der Waals surface area (Å²) in [6, 6.07) is 6.21. The Morgan fingerprint density at radius 3 is 2.15 bits per heavy atom. The molecule has 1 aliphatic rings. The van der Waals surface area contributed by atoms with Gasteiger partial charge >= 0.3 is 6.18 Å². The molecule has 1 aliphatic carbocycles. The van der Waals surface area contributed by atoms with Crippen molar-refractivity contribution in [2.45, 2.75) is 24.1 Å². The van der Waals surface area contributed by atoms with E-state index in [0.29, 0.717) is 6.08 Å². The Balaban J connectivity index is 2.56. The number of hydrogen-bond acceptors (Lipinski definition) is 1. The second-order valence-corrected chi connectivity index (χ2v) is 4.56. The highest BCUT2D eigenvalue weighted by Crippen LogP contribution is 2.48. The summed E-state index contributed by atoms with van der Waals surface area (Å²) in [7, 11) is 0. The molecule has 0 saturated heterocycles. The first kappa shape index (κ1) is 14.7. The van der Waals surface area contributed by atoms with Gasteiger partial charge in [-0.1, -0.05) is 42.5 Å². The van der Waals surface area contributed by atoms with Gasteiger partial charge in [0, 0.05) is 6.42 Å². The molecule has 0 heterocycles. The maximum atomic E-state index is 13.3. The van der Waals surface area contributed by atoms with E-state index in [1.54, 1.807) is 0 Å². The van der Waals surface area contributed by atoms with Gasteiger partial charge in [0.05, 0.1) is 0 Å². The van der Waals surface area contributed by atoms with Crippen molar-refractivity contribution < 1.29 is 27.1 Å². The Morgan fingerprint density at radius 2 is 1.65 bits per heavy atom. The average Bonchev–Trinajstić information content (AvgIpc) is 2.36. The minimum Gasteiger partial charge on any atom is -0.372 e. The molecule has 0 radical (unpaired) electrons. The third-order valence-corrected chi connectivity index (χ3v) is 3.13. The summed E-state index contributed by atoms with van der Waals surface area (Å²) >= 11 is 0. The number of halogens is 5. The van der Waals surface area contributed by atoms with E-state index in [-0.39, 0.29) is 0 Å². The molecule has 0 amide bonds. The van der Waals surface area contributed by atoms with Crippen molar-refractivity contribution in [1.82, 2.24) is 0 Å². The SMILES string of the molecule is OC(C1=CC=CC(F)(F)C1)(c1ccccc1)C(F)(F)F. The fourth-order valence-electron chi connectivity index (χ4n) is 2.14. The lowest BCUT2D eigenvalue weighted by Gasteiger charge is -2.35. The molecule has 0 spiro atoms. The molecule has 6 heteroatoms. The average molecular weight is 290 g/mol. The standard InChI is InChI=1S/C14H11F5O/c15-12(16)8-4-7-11(9-12)13(20,14(17,18)19)10-5-2-1-3-6-10/h1-8,20H,9H2. The van der Waals surface area contributed by atoms with Crippen LogP contribution >= 0.6 is 0 Å². The first-order chi connectivity index (χ1) is 9.17. The van der Waals surface area contributed by atoms with Crippen LogP contribution in [0.3, 0.4) is 0 Å². The lowest BCUT2D eigenvalue weighted by molar-refractivity contribution is -0.252. The van der Waals surface area contributed by atoms with Crippen LogP contribution in [0.15, 0.2) is 54.1 Å². The fourth-order valence-corrected chi connectivity index (χ4v) is 2.14. The summed E-state index contributed by atoms with van der Waals surface area (Å²) in [6.45, 7) is 0. The Kier molecular flexibility index (Phi) is 3.46. The van der Waals surface area contributed by atoms with Crippen LogP contribution in [0.1, 0.15) is 12.0 Å². The first-order valence-electron chi connectivity index (χ1n) is 5.78. The normalized spacial score (nSPS) is 21.2. The zero-order valence-corrected chi connectivity index (χ0v) is 10.2. The lowest BCUT2D eigenvalue weighted by Crippen LogP contribution is -2.45. The third-order valence-electron chi connectivity index (χ3n) is 3.13. The van der Waals surface area contributed by atoms with E-state index in [0.717, 1.165) is 24.3 Å². The minimum atomic E-state index is -5.10. The summed E-state index contributed by atoms with van der Waals surface area (Å²) in [5.41, 5.74) is -4.67. The van der Waals surface area contributed by atoms with Gasteiger partial charge in [-0.15, -0.1) is 0 Å². The second kappa shape index (κ2) is 4.70. The van der Waals surface area contributed by atoms with Crippen LogP contribution in [0.2, 0.25) is 0 Å². The monoisotopic (exact) mass is 290 g/mol. The zero-order chi connectivity index (χ0) is 15.0. The van der Waals surface area contributed by atoms with E-state index in [9.17, 15) is 27.1 Å². The maximum absolute atomic E-state index is 13.3. The molecule has 2 rings (SSSR count). The predicted octanol–water partition coefficient (Wildman–Crippen LogP) is 3.96. The van der Waals surface area contributed by atoms with E-state index in [1.807, 2.05) is 0 Å². The Bertz CT molecular complexity index is 544. The van der Waals surface area contributed by atoms with Crippen molar-refractivity contribution in [2.24, 2.45) is 0 Å². The molecule has 0 saturated carbocycles. The molecule has 108 valence electrons. The van der Waals surface area contributed by atoms with Crippen LogP contribution in [0.5, 0.6) is 0 Å². The molecule has 1 nitrogen and oxygen atoms in total. The number of alkyl halides is 5. The van der Waals surface area contributed by atoms with Crippen LogP contribution in [0, 0.1) is 0 Å². The van der Waals surface area contributed by atoms with E-state index in [2.05, 4.69) is 0 Å². The predicted molar refractivity (Wildman–Crippen MR) is 63.2 cm³/mol. The smallest absolute Gasteiger partial charge is 0.372 e. The molecule has 0 aliphatic heterocycles. The van der Waals surface area contributed by atoms with E-state index < -0.39 is 35.3 Å². The van der Waals surface area contributed by atoms with Crippen LogP contribution in [0.25, 0.3) is 0 Å². The van der Waals surface area contributed by atoms with Crippen molar-refractivity contribution >= 4 is 0 Å². The molecule has 0 fully saturated rings. The molecular formula is C14H11F5O. The molecule has 1 aromatic rings. The van der Waals surface area contributed by atoms with Crippen LogP contribution < -0.4 is 0 Å². The Hall–Kier alpha value is -1.69. The van der Waals surface area contributed by atoms with Crippen molar-refractivity contribution in [3.8, 4) is 0 Å². The minimum absolute atomic E-state index is 0.482. The van der Waals surface area contributed by atoms with Gasteiger partial charge in [0.25, 0.3) is 5.92 Å². The van der Waals surface area contributed by atoms with Gasteiger partial charge in [0.2, 0.25) is 5.60 Å². The molecule has 20 heavy (non-hydrogen) atoms. The van der Waals surface area contributed by atoms with Gasteiger partial charge in [0.15, 0.2) is 0 Å². The third kappa shape index (κ3) is 2.47. The van der Waals surface area contributed by atoms with Crippen LogP contribution in [-0.2, 0) is 5.60 Å². The van der Waals surface area contributed by atoms with Crippen LogP contribution in [0.4, 0.5) is 22.0 Å². The van der Waals surface area contributed by atoms with E-state index in [1.165, 1.54) is 18.2 Å². The molecule has 1 unspecified atom stereocenters. The first-order valence-corrected chi connectivity index (χ1v) is 5.78. The van der Waals surface area contributed by atoms with Crippen LogP contribution in [-0.4, -0.2) is 17.2 Å². The number of hydrogen-bond donors (Lipinski definition) is 1. The topological polar surface area (TPSA) is 20.2 Å². The molecular weight excluding hydrogens is 279 g/mol. The summed E-state index contributed by atoms with van der Waals surface area (Å²) in [4.78, 5) is 0.